The summed E-state index contributed by atoms with van der Waals surface area (Å²) in [6.45, 7) is 7.33. The smallest absolute Gasteiger partial charge is 0.134 e. The molecule has 1 rings (SSSR count). The Morgan fingerprint density at radius 2 is 2.00 bits per heavy atom. The Hall–Kier alpha value is -1.37. The molecule has 0 aromatic heterocycles. The van der Waals surface area contributed by atoms with Crippen LogP contribution in [0, 0.1) is 11.3 Å². The van der Waals surface area contributed by atoms with Gasteiger partial charge in [0, 0.05) is 25.7 Å². The lowest BCUT2D eigenvalue weighted by atomic mass is 9.87. The number of nitrogens with zero attached hydrogens (tertiary/aromatic N) is 1. The maximum atomic E-state index is 9.61. The predicted molar refractivity (Wildman–Crippen MR) is 73.1 cm³/mol. The fraction of sp³-hybridized carbons (Fsp3) is 0.533. The molecule has 0 saturated heterocycles. The molecule has 0 radical (unpaired) electrons. The lowest BCUT2D eigenvalue weighted by Gasteiger charge is -2.30. The van der Waals surface area contributed by atoms with E-state index in [1.54, 1.807) is 0 Å². The van der Waals surface area contributed by atoms with Gasteiger partial charge in [-0.2, -0.15) is 5.26 Å². The van der Waals surface area contributed by atoms with Crippen molar-refractivity contribution in [1.29, 1.82) is 5.26 Å². The van der Waals surface area contributed by atoms with Crippen molar-refractivity contribution in [2.24, 2.45) is 0 Å². The summed E-state index contributed by atoms with van der Waals surface area (Å²) >= 11 is 0. The average Bonchev–Trinajstić information content (AvgIpc) is 2.38. The van der Waals surface area contributed by atoms with Gasteiger partial charge in [0.25, 0.3) is 0 Å². The summed E-state index contributed by atoms with van der Waals surface area (Å²) in [5, 5.41) is 13.0. The second-order valence-corrected chi connectivity index (χ2v) is 4.63. The molecule has 0 amide bonds. The summed E-state index contributed by atoms with van der Waals surface area (Å²) in [7, 11) is 0. The minimum Gasteiger partial charge on any atom is -0.382 e. The molecule has 18 heavy (non-hydrogen) atoms. The number of rotatable bonds is 7. The first-order chi connectivity index (χ1) is 8.64. The van der Waals surface area contributed by atoms with Crippen molar-refractivity contribution in [1.82, 2.24) is 5.32 Å². The van der Waals surface area contributed by atoms with Crippen molar-refractivity contribution in [3.05, 3.63) is 35.9 Å². The van der Waals surface area contributed by atoms with E-state index in [1.165, 1.54) is 0 Å². The monoisotopic (exact) mass is 246 g/mol. The molecular formula is C15H22N2O. The molecule has 98 valence electrons. The highest BCUT2D eigenvalue weighted by Crippen LogP contribution is 2.25. The minimum absolute atomic E-state index is 0.242. The molecule has 0 aliphatic carbocycles. The van der Waals surface area contributed by atoms with Crippen LogP contribution in [0.15, 0.2) is 30.3 Å². The van der Waals surface area contributed by atoms with Crippen LogP contribution in [0.5, 0.6) is 0 Å². The second kappa shape index (κ2) is 7.15. The maximum Gasteiger partial charge on any atom is 0.134 e. The highest BCUT2D eigenvalue weighted by molar-refractivity contribution is 5.31. The topological polar surface area (TPSA) is 45.0 Å². The average molecular weight is 246 g/mol. The summed E-state index contributed by atoms with van der Waals surface area (Å²) < 4.78 is 5.40. The number of hydrogen-bond donors (Lipinski definition) is 1. The lowest BCUT2D eigenvalue weighted by molar-refractivity contribution is 0.125. The van der Waals surface area contributed by atoms with Gasteiger partial charge in [-0.25, -0.2) is 0 Å². The predicted octanol–water partition coefficient (Wildman–Crippen LogP) is 2.83. The molecule has 3 nitrogen and oxygen atoms in total. The van der Waals surface area contributed by atoms with Crippen molar-refractivity contribution in [3.8, 4) is 6.07 Å². The van der Waals surface area contributed by atoms with Crippen molar-refractivity contribution in [3.63, 3.8) is 0 Å². The van der Waals surface area contributed by atoms with E-state index in [1.807, 2.05) is 37.3 Å². The van der Waals surface area contributed by atoms with Gasteiger partial charge in [0.15, 0.2) is 0 Å². The molecule has 0 spiro atoms. The Balaban J connectivity index is 2.95. The van der Waals surface area contributed by atoms with Crippen LogP contribution < -0.4 is 5.32 Å². The lowest BCUT2D eigenvalue weighted by Crippen LogP contribution is -2.45. The molecule has 0 heterocycles. The molecule has 0 saturated carbocycles. The van der Waals surface area contributed by atoms with Crippen molar-refractivity contribution >= 4 is 0 Å². The first-order valence-electron chi connectivity index (χ1n) is 6.47. The van der Waals surface area contributed by atoms with Gasteiger partial charge < -0.3 is 4.74 Å². The minimum atomic E-state index is -0.662. The van der Waals surface area contributed by atoms with E-state index in [9.17, 15) is 5.26 Å². The molecule has 3 heteroatoms. The van der Waals surface area contributed by atoms with Gasteiger partial charge in [0.1, 0.15) is 5.54 Å². The van der Waals surface area contributed by atoms with Gasteiger partial charge in [0.05, 0.1) is 6.07 Å². The summed E-state index contributed by atoms with van der Waals surface area (Å²) in [4.78, 5) is 0. The first-order valence-corrected chi connectivity index (χ1v) is 6.47. The zero-order valence-corrected chi connectivity index (χ0v) is 11.4. The molecule has 1 unspecified atom stereocenters. The van der Waals surface area contributed by atoms with Gasteiger partial charge in [-0.1, -0.05) is 30.3 Å². The molecule has 1 aromatic rings. The Bertz CT molecular complexity index is 383. The molecule has 0 fully saturated rings. The third kappa shape index (κ3) is 3.83. The molecule has 0 bridgehead atoms. The van der Waals surface area contributed by atoms with Gasteiger partial charge in [-0.15, -0.1) is 0 Å². The number of benzene rings is 1. The highest BCUT2D eigenvalue weighted by atomic mass is 16.5. The second-order valence-electron chi connectivity index (χ2n) is 4.63. The molecule has 1 N–H and O–H groups in total. The molecule has 1 aromatic carbocycles. The van der Waals surface area contributed by atoms with E-state index in [0.29, 0.717) is 19.6 Å². The fourth-order valence-corrected chi connectivity index (χ4v) is 2.04. The van der Waals surface area contributed by atoms with Crippen molar-refractivity contribution in [2.45, 2.75) is 38.8 Å². The van der Waals surface area contributed by atoms with E-state index >= 15 is 0 Å². The summed E-state index contributed by atoms with van der Waals surface area (Å²) in [5.41, 5.74) is 0.339. The van der Waals surface area contributed by atoms with Crippen LogP contribution in [0.1, 0.15) is 32.8 Å². The zero-order chi connectivity index (χ0) is 13.4. The quantitative estimate of drug-likeness (QED) is 0.752. The third-order valence-corrected chi connectivity index (χ3v) is 2.82. The Kier molecular flexibility index (Phi) is 5.84. The van der Waals surface area contributed by atoms with E-state index in [2.05, 4.69) is 25.2 Å². The number of ether oxygens (including phenoxy) is 1. The maximum absolute atomic E-state index is 9.61. The van der Waals surface area contributed by atoms with Gasteiger partial charge in [0.2, 0.25) is 0 Å². The molecule has 0 aliphatic heterocycles. The Labute approximate surface area is 110 Å². The van der Waals surface area contributed by atoms with Crippen LogP contribution in [0.4, 0.5) is 0 Å². The Morgan fingerprint density at radius 1 is 1.33 bits per heavy atom. The van der Waals surface area contributed by atoms with Crippen LogP contribution >= 0.6 is 0 Å². The summed E-state index contributed by atoms with van der Waals surface area (Å²) in [6, 6.07) is 12.5. The summed E-state index contributed by atoms with van der Waals surface area (Å²) in [6.07, 6.45) is 0.652. The van der Waals surface area contributed by atoms with E-state index in [-0.39, 0.29) is 6.04 Å². The van der Waals surface area contributed by atoms with Crippen molar-refractivity contribution in [2.75, 3.05) is 13.2 Å². The van der Waals surface area contributed by atoms with E-state index in [4.69, 9.17) is 4.74 Å². The number of hydrogen-bond acceptors (Lipinski definition) is 3. The van der Waals surface area contributed by atoms with Crippen LogP contribution in [-0.2, 0) is 10.3 Å². The third-order valence-electron chi connectivity index (χ3n) is 2.82. The number of nitrogens with one attached hydrogen (secondary N) is 1. The van der Waals surface area contributed by atoms with Crippen LogP contribution in [-0.4, -0.2) is 19.3 Å². The largest absolute Gasteiger partial charge is 0.382 e. The standard InChI is InChI=1S/C15H22N2O/c1-4-18-11-10-15(12-16,17-13(2)3)14-8-6-5-7-9-14/h5-9,13,17H,4,10-11H2,1-3H3. The van der Waals surface area contributed by atoms with Crippen LogP contribution in [0.3, 0.4) is 0 Å². The van der Waals surface area contributed by atoms with Gasteiger partial charge in [-0.3, -0.25) is 5.32 Å². The van der Waals surface area contributed by atoms with Crippen LogP contribution in [0.25, 0.3) is 0 Å². The molecule has 0 aliphatic rings. The summed E-state index contributed by atoms with van der Waals surface area (Å²) in [5.74, 6) is 0. The van der Waals surface area contributed by atoms with Gasteiger partial charge in [-0.05, 0) is 26.3 Å². The normalized spacial score (nSPS) is 14.2. The number of nitriles is 1. The fourth-order valence-electron chi connectivity index (χ4n) is 2.04. The van der Waals surface area contributed by atoms with Gasteiger partial charge >= 0.3 is 0 Å². The van der Waals surface area contributed by atoms with Crippen molar-refractivity contribution < 1.29 is 4.74 Å². The molecular weight excluding hydrogens is 224 g/mol. The molecule has 1 atom stereocenters. The zero-order valence-electron chi connectivity index (χ0n) is 11.4. The SMILES string of the molecule is CCOCCC(C#N)(NC(C)C)c1ccccc1. The Morgan fingerprint density at radius 3 is 2.50 bits per heavy atom. The first kappa shape index (κ1) is 14.7. The van der Waals surface area contributed by atoms with E-state index in [0.717, 1.165) is 5.56 Å². The van der Waals surface area contributed by atoms with E-state index < -0.39 is 5.54 Å². The highest BCUT2D eigenvalue weighted by Gasteiger charge is 2.32. The van der Waals surface area contributed by atoms with Crippen LogP contribution in [0.2, 0.25) is 0 Å².